The van der Waals surface area contributed by atoms with Gasteiger partial charge in [0.15, 0.2) is 0 Å². The third kappa shape index (κ3) is 4.19. The third-order valence-corrected chi connectivity index (χ3v) is 7.75. The minimum absolute atomic E-state index is 0.0571. The van der Waals surface area contributed by atoms with E-state index in [0.717, 1.165) is 36.9 Å². The Morgan fingerprint density at radius 1 is 0.806 bits per heavy atom. The largest absolute Gasteiger partial charge is 0.356 e. The molecule has 1 unspecified atom stereocenters. The fourth-order valence-electron chi connectivity index (χ4n) is 6.00. The monoisotopic (exact) mass is 477 g/mol. The average Bonchev–Trinajstić information content (AvgIpc) is 3.29. The highest BCUT2D eigenvalue weighted by molar-refractivity contribution is 5.97. The minimum atomic E-state index is -0.435. The van der Waals surface area contributed by atoms with Gasteiger partial charge in [-0.25, -0.2) is 0 Å². The van der Waals surface area contributed by atoms with Gasteiger partial charge in [-0.1, -0.05) is 78.9 Å². The number of hydrogen-bond donors (Lipinski definition) is 1. The zero-order valence-electron chi connectivity index (χ0n) is 20.4. The molecule has 0 radical (unpaired) electrons. The normalized spacial score (nSPS) is 19.4. The molecule has 5 nitrogen and oxygen atoms in total. The summed E-state index contributed by atoms with van der Waals surface area (Å²) in [6.45, 7) is 0.779. The molecule has 0 aliphatic carbocycles. The summed E-state index contributed by atoms with van der Waals surface area (Å²) < 4.78 is 0. The number of aromatic amines is 1. The molecule has 0 saturated carbocycles. The molecule has 2 aliphatic rings. The molecule has 182 valence electrons. The van der Waals surface area contributed by atoms with Gasteiger partial charge in [0.25, 0.3) is 0 Å². The van der Waals surface area contributed by atoms with Crippen LogP contribution in [0.4, 0.5) is 0 Å². The van der Waals surface area contributed by atoms with Crippen molar-refractivity contribution in [3.63, 3.8) is 0 Å². The summed E-state index contributed by atoms with van der Waals surface area (Å²) in [4.78, 5) is 34.6. The lowest BCUT2D eigenvalue weighted by Crippen LogP contribution is -2.63. The molecule has 1 fully saturated rings. The third-order valence-electron chi connectivity index (χ3n) is 7.75. The highest BCUT2D eigenvalue weighted by atomic mass is 16.2. The van der Waals surface area contributed by atoms with E-state index in [1.54, 1.807) is 4.90 Å². The van der Waals surface area contributed by atoms with Crippen molar-refractivity contribution in [3.8, 4) is 0 Å². The van der Waals surface area contributed by atoms with Crippen LogP contribution in [0, 0.1) is 0 Å². The molecule has 36 heavy (non-hydrogen) atoms. The summed E-state index contributed by atoms with van der Waals surface area (Å²) in [5.41, 5.74) is 5.87. The van der Waals surface area contributed by atoms with Gasteiger partial charge in [-0.2, -0.15) is 0 Å². The summed E-state index contributed by atoms with van der Waals surface area (Å²) >= 11 is 0. The zero-order valence-corrected chi connectivity index (χ0v) is 20.4. The average molecular weight is 478 g/mol. The first-order valence-corrected chi connectivity index (χ1v) is 13.0. The molecular weight excluding hydrogens is 446 g/mol. The maximum Gasteiger partial charge on any atom is 0.246 e. The molecule has 1 aromatic heterocycles. The number of nitrogens with zero attached hydrogens (tertiary/aromatic N) is 2. The molecule has 0 bridgehead atoms. The van der Waals surface area contributed by atoms with E-state index >= 15 is 0 Å². The second-order valence-corrected chi connectivity index (χ2v) is 9.97. The first-order valence-electron chi connectivity index (χ1n) is 13.0. The molecule has 2 aliphatic heterocycles. The van der Waals surface area contributed by atoms with Crippen molar-refractivity contribution in [1.82, 2.24) is 14.8 Å². The van der Waals surface area contributed by atoms with Crippen molar-refractivity contribution >= 4 is 22.7 Å². The van der Waals surface area contributed by atoms with E-state index in [4.69, 9.17) is 0 Å². The second kappa shape index (κ2) is 9.65. The Balaban J connectivity index is 1.27. The first-order chi connectivity index (χ1) is 17.7. The maximum atomic E-state index is 13.8. The fraction of sp³-hybridized carbons (Fsp3) is 0.290. The predicted molar refractivity (Wildman–Crippen MR) is 141 cm³/mol. The van der Waals surface area contributed by atoms with E-state index in [2.05, 4.69) is 53.5 Å². The van der Waals surface area contributed by atoms with Crippen LogP contribution in [-0.2, 0) is 28.9 Å². The number of carbonyl (C=O) groups excluding carboxylic acids is 2. The Labute approximate surface area is 211 Å². The van der Waals surface area contributed by atoms with Crippen LogP contribution in [0.3, 0.4) is 0 Å². The van der Waals surface area contributed by atoms with Crippen LogP contribution in [0.1, 0.15) is 41.3 Å². The number of benzene rings is 3. The summed E-state index contributed by atoms with van der Waals surface area (Å²) in [5, 5.41) is 1.17. The molecule has 4 aromatic rings. The van der Waals surface area contributed by atoms with Gasteiger partial charge in [-0.15, -0.1) is 0 Å². The predicted octanol–water partition coefficient (Wildman–Crippen LogP) is 5.07. The van der Waals surface area contributed by atoms with Crippen LogP contribution in [0.5, 0.6) is 0 Å². The van der Waals surface area contributed by atoms with Crippen molar-refractivity contribution in [2.24, 2.45) is 0 Å². The number of nitrogens with one attached hydrogen (secondary N) is 1. The lowest BCUT2D eigenvalue weighted by molar-refractivity contribution is -0.159. The Kier molecular flexibility index (Phi) is 6.06. The Morgan fingerprint density at radius 3 is 2.22 bits per heavy atom. The van der Waals surface area contributed by atoms with Gasteiger partial charge in [-0.05, 0) is 48.4 Å². The van der Waals surface area contributed by atoms with Crippen LogP contribution in [-0.4, -0.2) is 45.7 Å². The van der Waals surface area contributed by atoms with Gasteiger partial charge in [-0.3, -0.25) is 9.59 Å². The van der Waals surface area contributed by atoms with E-state index in [-0.39, 0.29) is 24.4 Å². The van der Waals surface area contributed by atoms with E-state index in [1.165, 1.54) is 22.1 Å². The van der Waals surface area contributed by atoms with Gasteiger partial charge in [0.1, 0.15) is 6.04 Å². The number of aryl methyl sites for hydroxylation is 2. The van der Waals surface area contributed by atoms with Crippen molar-refractivity contribution in [2.45, 2.75) is 44.2 Å². The zero-order chi connectivity index (χ0) is 24.5. The molecule has 6 rings (SSSR count). The van der Waals surface area contributed by atoms with Crippen LogP contribution in [0.15, 0.2) is 84.9 Å². The van der Waals surface area contributed by atoms with Gasteiger partial charge >= 0.3 is 0 Å². The Hall–Kier alpha value is -3.86. The van der Waals surface area contributed by atoms with E-state index < -0.39 is 6.04 Å². The lowest BCUT2D eigenvalue weighted by Gasteiger charge is -2.47. The fourth-order valence-corrected chi connectivity index (χ4v) is 6.00. The maximum absolute atomic E-state index is 13.8. The van der Waals surface area contributed by atoms with E-state index in [9.17, 15) is 9.59 Å². The number of fused-ring (bicyclic) bond motifs is 4. The van der Waals surface area contributed by atoms with Gasteiger partial charge in [0.2, 0.25) is 11.8 Å². The van der Waals surface area contributed by atoms with Crippen LogP contribution < -0.4 is 0 Å². The lowest BCUT2D eigenvalue weighted by atomic mass is 9.86. The number of para-hydroxylation sites is 1. The van der Waals surface area contributed by atoms with Gasteiger partial charge in [0, 0.05) is 29.6 Å². The van der Waals surface area contributed by atoms with Gasteiger partial charge < -0.3 is 14.8 Å². The molecule has 2 atom stereocenters. The summed E-state index contributed by atoms with van der Waals surface area (Å²) in [5.74, 6) is 0.144. The second-order valence-electron chi connectivity index (χ2n) is 9.97. The standard InChI is InChI=1S/C31H31N3O2/c35-29-21-33(19-9-14-22-10-3-1-4-11-22)31(36)28-20-25-24-15-7-8-16-26(24)32-30(25)27(34(28)29)18-17-23-12-5-2-6-13-23/h1-8,10-13,15-16,27-28,32H,9,14,17-21H2/t27?,28-/m0/s1. The highest BCUT2D eigenvalue weighted by Crippen LogP contribution is 2.41. The topological polar surface area (TPSA) is 56.4 Å². The van der Waals surface area contributed by atoms with Crippen molar-refractivity contribution in [3.05, 3.63) is 107 Å². The molecule has 5 heteroatoms. The minimum Gasteiger partial charge on any atom is -0.356 e. The molecule has 3 heterocycles. The van der Waals surface area contributed by atoms with Crippen molar-refractivity contribution in [2.75, 3.05) is 13.1 Å². The van der Waals surface area contributed by atoms with Crippen LogP contribution in [0.2, 0.25) is 0 Å². The Bertz CT molecular complexity index is 1380. The summed E-state index contributed by atoms with van der Waals surface area (Å²) in [6.07, 6.45) is 3.96. The number of rotatable bonds is 7. The van der Waals surface area contributed by atoms with Gasteiger partial charge in [0.05, 0.1) is 12.6 Å². The number of H-pyrrole nitrogens is 1. The Morgan fingerprint density at radius 2 is 1.47 bits per heavy atom. The number of carbonyl (C=O) groups is 2. The number of amides is 2. The van der Waals surface area contributed by atoms with Crippen molar-refractivity contribution < 1.29 is 9.59 Å². The van der Waals surface area contributed by atoms with E-state index in [1.807, 2.05) is 41.3 Å². The molecule has 1 N–H and O–H groups in total. The number of hydrogen-bond acceptors (Lipinski definition) is 2. The number of piperazine rings is 1. The molecule has 2 amide bonds. The highest BCUT2D eigenvalue weighted by Gasteiger charge is 2.47. The summed E-state index contributed by atoms with van der Waals surface area (Å²) in [6, 6.07) is 28.4. The van der Waals surface area contributed by atoms with Crippen LogP contribution >= 0.6 is 0 Å². The number of aromatic nitrogens is 1. The SMILES string of the molecule is O=C1[C@@H]2Cc3c([nH]c4ccccc34)C(CCc3ccccc3)N2C(=O)CN1CCCc1ccccc1. The summed E-state index contributed by atoms with van der Waals surface area (Å²) in [7, 11) is 0. The molecular formula is C31H31N3O2. The first kappa shape index (κ1) is 22.6. The molecule has 0 spiro atoms. The van der Waals surface area contributed by atoms with E-state index in [0.29, 0.717) is 13.0 Å². The molecule has 1 saturated heterocycles. The molecule has 3 aromatic carbocycles. The smallest absolute Gasteiger partial charge is 0.246 e. The quantitative estimate of drug-likeness (QED) is 0.404. The van der Waals surface area contributed by atoms with Crippen LogP contribution in [0.25, 0.3) is 10.9 Å². The van der Waals surface area contributed by atoms with Crippen molar-refractivity contribution in [1.29, 1.82) is 0 Å².